The second-order valence-corrected chi connectivity index (χ2v) is 15.9. The van der Waals surface area contributed by atoms with E-state index < -0.39 is 13.5 Å². The number of allylic oxidation sites excluding steroid dienone is 4. The fraction of sp³-hybridized carbons (Fsp3) is 0.750. The van der Waals surface area contributed by atoms with Crippen LogP contribution in [0.1, 0.15) is 77.0 Å². The van der Waals surface area contributed by atoms with Crippen LogP contribution in [0.3, 0.4) is 0 Å². The van der Waals surface area contributed by atoms with Crippen molar-refractivity contribution in [2.75, 3.05) is 0 Å². The molecule has 120 valence electrons. The van der Waals surface area contributed by atoms with E-state index in [2.05, 4.69) is 12.2 Å². The Labute approximate surface area is 142 Å². The number of hydrogen-bond donors (Lipinski definition) is 0. The SMILES string of the molecule is C1=C(C2=CCCCCCC2)CCCCCC1.[Cl][Ir]([Cl])[Cl]. The van der Waals surface area contributed by atoms with Crippen LogP contribution in [0.4, 0.5) is 0 Å². The molecule has 0 fully saturated rings. The van der Waals surface area contributed by atoms with Gasteiger partial charge >= 0.3 is 42.2 Å². The number of hydrogen-bond acceptors (Lipinski definition) is 0. The minimum atomic E-state index is -1.92. The summed E-state index contributed by atoms with van der Waals surface area (Å²) >= 11 is -1.92. The Hall–Kier alpha value is 0.999. The third-order valence-corrected chi connectivity index (χ3v) is 3.99. The molecule has 0 heterocycles. The van der Waals surface area contributed by atoms with Gasteiger partial charge in [-0.25, -0.2) is 0 Å². The van der Waals surface area contributed by atoms with E-state index in [1.165, 1.54) is 77.0 Å². The monoisotopic (exact) mass is 516 g/mol. The molecule has 0 N–H and O–H groups in total. The first-order valence-corrected chi connectivity index (χ1v) is 16.6. The molecule has 2 aliphatic carbocycles. The number of halogens is 3. The van der Waals surface area contributed by atoms with E-state index in [9.17, 15) is 0 Å². The minimum absolute atomic E-state index is 1.33. The molecule has 0 bridgehead atoms. The van der Waals surface area contributed by atoms with Gasteiger partial charge in [-0.3, -0.25) is 0 Å². The van der Waals surface area contributed by atoms with Crippen molar-refractivity contribution in [1.82, 2.24) is 0 Å². The average Bonchev–Trinajstić information content (AvgIpc) is 2.28. The molecule has 0 atom stereocenters. The maximum atomic E-state index is 4.97. The van der Waals surface area contributed by atoms with Gasteiger partial charge in [0.15, 0.2) is 0 Å². The third-order valence-electron chi connectivity index (χ3n) is 3.99. The molecule has 2 rings (SSSR count). The van der Waals surface area contributed by atoms with Crippen molar-refractivity contribution in [1.29, 1.82) is 0 Å². The van der Waals surface area contributed by atoms with Crippen LogP contribution < -0.4 is 0 Å². The summed E-state index contributed by atoms with van der Waals surface area (Å²) in [5.41, 5.74) is 3.42. The second kappa shape index (κ2) is 12.5. The van der Waals surface area contributed by atoms with Crippen LogP contribution >= 0.6 is 28.8 Å². The van der Waals surface area contributed by atoms with Crippen LogP contribution in [-0.2, 0) is 13.5 Å². The molecule has 0 radical (unpaired) electrons. The van der Waals surface area contributed by atoms with Gasteiger partial charge in [-0.1, -0.05) is 37.8 Å². The summed E-state index contributed by atoms with van der Waals surface area (Å²) in [6.45, 7) is 0. The van der Waals surface area contributed by atoms with Crippen molar-refractivity contribution in [2.24, 2.45) is 0 Å². The Kier molecular flexibility index (Phi) is 11.9. The Bertz CT molecular complexity index is 280. The van der Waals surface area contributed by atoms with Gasteiger partial charge in [0.1, 0.15) is 0 Å². The molecule has 0 spiro atoms. The van der Waals surface area contributed by atoms with Crippen LogP contribution in [0.2, 0.25) is 0 Å². The molecule has 0 aromatic carbocycles. The van der Waals surface area contributed by atoms with Gasteiger partial charge in [-0.05, 0) is 62.5 Å². The molecule has 0 nitrogen and oxygen atoms in total. The van der Waals surface area contributed by atoms with Crippen molar-refractivity contribution in [3.63, 3.8) is 0 Å². The summed E-state index contributed by atoms with van der Waals surface area (Å²) in [6.07, 6.45) is 21.9. The molecular weight excluding hydrogens is 491 g/mol. The van der Waals surface area contributed by atoms with Gasteiger partial charge in [-0.15, -0.1) is 0 Å². The Morgan fingerprint density at radius 3 is 1.35 bits per heavy atom. The first-order chi connectivity index (χ1) is 9.70. The Morgan fingerprint density at radius 2 is 0.950 bits per heavy atom. The van der Waals surface area contributed by atoms with Crippen LogP contribution in [-0.4, -0.2) is 0 Å². The summed E-state index contributed by atoms with van der Waals surface area (Å²) in [5.74, 6) is 0. The summed E-state index contributed by atoms with van der Waals surface area (Å²) < 4.78 is 0. The van der Waals surface area contributed by atoms with Crippen LogP contribution in [0.25, 0.3) is 0 Å². The molecule has 0 aromatic rings. The zero-order valence-electron chi connectivity index (χ0n) is 12.1. The van der Waals surface area contributed by atoms with Gasteiger partial charge in [0, 0.05) is 0 Å². The van der Waals surface area contributed by atoms with E-state index >= 15 is 0 Å². The maximum absolute atomic E-state index is 4.97. The molecule has 0 saturated carbocycles. The topological polar surface area (TPSA) is 0 Å². The van der Waals surface area contributed by atoms with E-state index in [0.717, 1.165) is 0 Å². The zero-order chi connectivity index (χ0) is 14.6. The molecule has 0 unspecified atom stereocenters. The first kappa shape index (κ1) is 19.0. The van der Waals surface area contributed by atoms with E-state index in [-0.39, 0.29) is 0 Å². The summed E-state index contributed by atoms with van der Waals surface area (Å²) in [6, 6.07) is 0. The van der Waals surface area contributed by atoms with Gasteiger partial charge < -0.3 is 0 Å². The summed E-state index contributed by atoms with van der Waals surface area (Å²) in [5, 5.41) is 0. The summed E-state index contributed by atoms with van der Waals surface area (Å²) in [7, 11) is 14.9. The molecule has 2 aliphatic rings. The first-order valence-electron chi connectivity index (χ1n) is 7.73. The second-order valence-electron chi connectivity index (χ2n) is 5.51. The molecule has 0 amide bonds. The van der Waals surface area contributed by atoms with E-state index in [4.69, 9.17) is 28.8 Å². The van der Waals surface area contributed by atoms with Crippen molar-refractivity contribution < 1.29 is 13.5 Å². The third kappa shape index (κ3) is 9.85. The number of rotatable bonds is 1. The summed E-state index contributed by atoms with van der Waals surface area (Å²) in [4.78, 5) is 0. The molecule has 0 aromatic heterocycles. The predicted molar refractivity (Wildman–Crippen MR) is 89.1 cm³/mol. The van der Waals surface area contributed by atoms with Crippen molar-refractivity contribution in [3.05, 3.63) is 23.3 Å². The van der Waals surface area contributed by atoms with Crippen molar-refractivity contribution in [3.8, 4) is 0 Å². The van der Waals surface area contributed by atoms with E-state index in [0.29, 0.717) is 0 Å². The fourth-order valence-electron chi connectivity index (χ4n) is 2.97. The molecule has 20 heavy (non-hydrogen) atoms. The van der Waals surface area contributed by atoms with E-state index in [1.54, 1.807) is 11.1 Å². The van der Waals surface area contributed by atoms with Crippen LogP contribution in [0, 0.1) is 0 Å². The Morgan fingerprint density at radius 1 is 0.600 bits per heavy atom. The normalized spacial score (nSPS) is 21.9. The average molecular weight is 517 g/mol. The van der Waals surface area contributed by atoms with Crippen molar-refractivity contribution >= 4 is 28.8 Å². The van der Waals surface area contributed by atoms with Crippen LogP contribution in [0.15, 0.2) is 23.3 Å². The fourth-order valence-corrected chi connectivity index (χ4v) is 2.97. The standard InChI is InChI=1S/C16H26.3ClH.Ir/c1-3-7-11-15(12-8-4-1)16-13-9-5-2-6-10-14-16;;;;/h11,13H,1-10,12,14H2;3*1H;/q;;;;+3/p-3. The molecule has 0 saturated heterocycles. The van der Waals surface area contributed by atoms with Gasteiger partial charge in [-0.2, -0.15) is 0 Å². The quantitative estimate of drug-likeness (QED) is 0.336. The van der Waals surface area contributed by atoms with Gasteiger partial charge in [0.2, 0.25) is 0 Å². The van der Waals surface area contributed by atoms with Crippen LogP contribution in [0.5, 0.6) is 0 Å². The van der Waals surface area contributed by atoms with Gasteiger partial charge in [0.25, 0.3) is 0 Å². The Balaban J connectivity index is 0.000000444. The predicted octanol–water partition coefficient (Wildman–Crippen LogP) is 7.61. The van der Waals surface area contributed by atoms with E-state index in [1.807, 2.05) is 0 Å². The molecule has 4 heteroatoms. The zero-order valence-corrected chi connectivity index (χ0v) is 16.8. The van der Waals surface area contributed by atoms with Gasteiger partial charge in [0.05, 0.1) is 0 Å². The van der Waals surface area contributed by atoms with Crippen molar-refractivity contribution in [2.45, 2.75) is 77.0 Å². The molecule has 0 aliphatic heterocycles. The molecular formula is C16H26Cl3Ir.